The standard InChI is InChI=1S/C8H6ClN5O2/c1-16-8(15)5-4-10-14(13-5)7-3-2-6(9)11-12-7/h2-4H,1H3. The molecule has 0 aromatic carbocycles. The predicted octanol–water partition coefficient (Wildman–Crippen LogP) is 0.497. The SMILES string of the molecule is COC(=O)c1cnn(-c2ccc(Cl)nn2)n1. The molecule has 82 valence electrons. The first kappa shape index (κ1) is 10.5. The number of esters is 1. The highest BCUT2D eigenvalue weighted by Gasteiger charge is 2.11. The molecule has 0 fully saturated rings. The molecule has 0 spiro atoms. The molecule has 0 N–H and O–H groups in total. The van der Waals surface area contributed by atoms with Crippen LogP contribution in [0.15, 0.2) is 18.3 Å². The van der Waals surface area contributed by atoms with Gasteiger partial charge in [-0.05, 0) is 12.1 Å². The van der Waals surface area contributed by atoms with Gasteiger partial charge < -0.3 is 4.74 Å². The Labute approximate surface area is 95.0 Å². The first-order chi connectivity index (χ1) is 7.70. The smallest absolute Gasteiger partial charge is 0.360 e. The molecule has 7 nitrogen and oxygen atoms in total. The van der Waals surface area contributed by atoms with E-state index >= 15 is 0 Å². The molecule has 0 radical (unpaired) electrons. The number of aromatic nitrogens is 5. The van der Waals surface area contributed by atoms with Gasteiger partial charge in [0.05, 0.1) is 13.3 Å². The average Bonchev–Trinajstić information content (AvgIpc) is 2.78. The Morgan fingerprint density at radius 3 is 2.88 bits per heavy atom. The topological polar surface area (TPSA) is 82.8 Å². The molecule has 0 saturated heterocycles. The average molecular weight is 240 g/mol. The predicted molar refractivity (Wildman–Crippen MR) is 53.3 cm³/mol. The van der Waals surface area contributed by atoms with Crippen LogP contribution in [0, 0.1) is 0 Å². The van der Waals surface area contributed by atoms with Gasteiger partial charge in [0.1, 0.15) is 0 Å². The summed E-state index contributed by atoms with van der Waals surface area (Å²) in [7, 11) is 1.27. The molecular formula is C8H6ClN5O2. The molecule has 0 aliphatic rings. The van der Waals surface area contributed by atoms with Gasteiger partial charge in [-0.15, -0.1) is 20.1 Å². The van der Waals surface area contributed by atoms with E-state index in [2.05, 4.69) is 25.1 Å². The molecule has 2 rings (SSSR count). The largest absolute Gasteiger partial charge is 0.464 e. The molecule has 2 aromatic rings. The van der Waals surface area contributed by atoms with E-state index in [9.17, 15) is 4.79 Å². The van der Waals surface area contributed by atoms with Gasteiger partial charge in [0.25, 0.3) is 0 Å². The summed E-state index contributed by atoms with van der Waals surface area (Å²) in [5.74, 6) is -0.201. The molecule has 8 heteroatoms. The first-order valence-corrected chi connectivity index (χ1v) is 4.59. The van der Waals surface area contributed by atoms with Crippen LogP contribution in [0.4, 0.5) is 0 Å². The van der Waals surface area contributed by atoms with Crippen LogP contribution in [0.3, 0.4) is 0 Å². The number of hydrogen-bond donors (Lipinski definition) is 0. The summed E-state index contributed by atoms with van der Waals surface area (Å²) in [6.07, 6.45) is 1.28. The van der Waals surface area contributed by atoms with E-state index < -0.39 is 5.97 Å². The highest BCUT2D eigenvalue weighted by Crippen LogP contribution is 2.05. The lowest BCUT2D eigenvalue weighted by Crippen LogP contribution is -2.06. The Kier molecular flexibility index (Phi) is 2.78. The number of halogens is 1. The van der Waals surface area contributed by atoms with Crippen LogP contribution in [-0.2, 0) is 4.74 Å². The van der Waals surface area contributed by atoms with Gasteiger partial charge >= 0.3 is 5.97 Å². The summed E-state index contributed by atoms with van der Waals surface area (Å²) in [6, 6.07) is 3.13. The Hall–Kier alpha value is -2.02. The van der Waals surface area contributed by atoms with Crippen LogP contribution in [0.25, 0.3) is 5.82 Å². The van der Waals surface area contributed by atoms with Gasteiger partial charge in [0.15, 0.2) is 16.7 Å². The molecule has 0 bridgehead atoms. The third-order valence-electron chi connectivity index (χ3n) is 1.71. The second-order valence-electron chi connectivity index (χ2n) is 2.73. The monoisotopic (exact) mass is 239 g/mol. The molecule has 0 aliphatic carbocycles. The van der Waals surface area contributed by atoms with E-state index in [1.165, 1.54) is 13.3 Å². The van der Waals surface area contributed by atoms with Crippen molar-refractivity contribution in [3.05, 3.63) is 29.2 Å². The minimum Gasteiger partial charge on any atom is -0.464 e. The lowest BCUT2D eigenvalue weighted by Gasteiger charge is -1.96. The summed E-state index contributed by atoms with van der Waals surface area (Å²) in [6.45, 7) is 0. The Balaban J connectivity index is 2.31. The maximum Gasteiger partial charge on any atom is 0.360 e. The summed E-state index contributed by atoms with van der Waals surface area (Å²) >= 11 is 5.58. The fraction of sp³-hybridized carbons (Fsp3) is 0.125. The maximum absolute atomic E-state index is 11.1. The second kappa shape index (κ2) is 4.23. The van der Waals surface area contributed by atoms with Crippen molar-refractivity contribution in [1.29, 1.82) is 0 Å². The third-order valence-corrected chi connectivity index (χ3v) is 1.91. The summed E-state index contributed by atoms with van der Waals surface area (Å²) in [5.41, 5.74) is 0.0965. The zero-order chi connectivity index (χ0) is 11.5. The van der Waals surface area contributed by atoms with E-state index in [0.29, 0.717) is 5.82 Å². The van der Waals surface area contributed by atoms with Crippen LogP contribution < -0.4 is 0 Å². The molecule has 0 unspecified atom stereocenters. The number of carbonyl (C=O) groups excluding carboxylic acids is 1. The van der Waals surface area contributed by atoms with Crippen molar-refractivity contribution in [3.8, 4) is 5.82 Å². The number of nitrogens with zero attached hydrogens (tertiary/aromatic N) is 5. The van der Waals surface area contributed by atoms with Crippen molar-refractivity contribution in [2.45, 2.75) is 0 Å². The van der Waals surface area contributed by atoms with Crippen molar-refractivity contribution >= 4 is 17.6 Å². The van der Waals surface area contributed by atoms with Crippen molar-refractivity contribution in [2.24, 2.45) is 0 Å². The molecule has 2 aromatic heterocycles. The van der Waals surface area contributed by atoms with E-state index in [0.717, 1.165) is 4.80 Å². The fourth-order valence-corrected chi connectivity index (χ4v) is 1.09. The molecule has 2 heterocycles. The van der Waals surface area contributed by atoms with E-state index in [4.69, 9.17) is 11.6 Å². The van der Waals surface area contributed by atoms with Crippen LogP contribution in [0.1, 0.15) is 10.5 Å². The van der Waals surface area contributed by atoms with Gasteiger partial charge in [-0.1, -0.05) is 11.6 Å². The van der Waals surface area contributed by atoms with Crippen molar-refractivity contribution in [2.75, 3.05) is 7.11 Å². The number of hydrogen-bond acceptors (Lipinski definition) is 6. The van der Waals surface area contributed by atoms with Crippen molar-refractivity contribution in [3.63, 3.8) is 0 Å². The molecule has 16 heavy (non-hydrogen) atoms. The van der Waals surface area contributed by atoms with Crippen LogP contribution in [0.5, 0.6) is 0 Å². The van der Waals surface area contributed by atoms with Crippen LogP contribution in [0.2, 0.25) is 5.15 Å². The third kappa shape index (κ3) is 1.98. The van der Waals surface area contributed by atoms with Gasteiger partial charge in [-0.3, -0.25) is 0 Å². The lowest BCUT2D eigenvalue weighted by atomic mass is 10.5. The van der Waals surface area contributed by atoms with Crippen LogP contribution >= 0.6 is 11.6 Å². The Bertz CT molecular complexity index is 509. The molecule has 0 amide bonds. The minimum atomic E-state index is -0.562. The zero-order valence-corrected chi connectivity index (χ0v) is 8.92. The molecule has 0 aliphatic heterocycles. The van der Waals surface area contributed by atoms with Crippen molar-refractivity contribution in [1.82, 2.24) is 25.2 Å². The van der Waals surface area contributed by atoms with Gasteiger partial charge in [0, 0.05) is 0 Å². The quantitative estimate of drug-likeness (QED) is 0.710. The van der Waals surface area contributed by atoms with Gasteiger partial charge in [-0.25, -0.2) is 4.79 Å². The summed E-state index contributed by atoms with van der Waals surface area (Å²) in [5, 5.41) is 15.4. The van der Waals surface area contributed by atoms with E-state index in [1.807, 2.05) is 0 Å². The van der Waals surface area contributed by atoms with Crippen LogP contribution in [-0.4, -0.2) is 38.3 Å². The number of methoxy groups -OCH3 is 1. The first-order valence-electron chi connectivity index (χ1n) is 4.21. The van der Waals surface area contributed by atoms with Gasteiger partial charge in [0.2, 0.25) is 0 Å². The maximum atomic E-state index is 11.1. The van der Waals surface area contributed by atoms with Gasteiger partial charge in [-0.2, -0.15) is 5.10 Å². The number of carbonyl (C=O) groups is 1. The van der Waals surface area contributed by atoms with E-state index in [1.54, 1.807) is 12.1 Å². The Morgan fingerprint density at radius 2 is 2.25 bits per heavy atom. The zero-order valence-electron chi connectivity index (χ0n) is 8.16. The molecule has 0 saturated carbocycles. The lowest BCUT2D eigenvalue weighted by molar-refractivity contribution is 0.0593. The number of rotatable bonds is 2. The Morgan fingerprint density at radius 1 is 1.44 bits per heavy atom. The van der Waals surface area contributed by atoms with E-state index in [-0.39, 0.29) is 10.8 Å². The normalized spacial score (nSPS) is 10.1. The summed E-state index contributed by atoms with van der Waals surface area (Å²) < 4.78 is 4.49. The highest BCUT2D eigenvalue weighted by molar-refractivity contribution is 6.29. The molecular weight excluding hydrogens is 234 g/mol. The molecule has 0 atom stereocenters. The van der Waals surface area contributed by atoms with Crippen molar-refractivity contribution < 1.29 is 9.53 Å². The second-order valence-corrected chi connectivity index (χ2v) is 3.11. The number of ether oxygens (including phenoxy) is 1. The summed E-state index contributed by atoms with van der Waals surface area (Å²) in [4.78, 5) is 12.3. The fourth-order valence-electron chi connectivity index (χ4n) is 0.987. The minimum absolute atomic E-state index is 0.0965. The highest BCUT2D eigenvalue weighted by atomic mass is 35.5.